The van der Waals surface area contributed by atoms with Gasteiger partial charge in [0.2, 0.25) is 16.6 Å². The number of methoxy groups -OCH3 is 2. The average molecular weight is 557 g/mol. The van der Waals surface area contributed by atoms with Gasteiger partial charge in [0, 0.05) is 11.8 Å². The van der Waals surface area contributed by atoms with E-state index >= 15 is 0 Å². The molecular weight excluding hydrogens is 505 g/mol. The Morgan fingerprint density at radius 2 is 1.00 bits per heavy atom. The normalized spacial score (nSPS) is 14.4. The quantitative estimate of drug-likeness (QED) is 0.152. The molecule has 0 aromatic heterocycles. The molecule has 6 heteroatoms. The summed E-state index contributed by atoms with van der Waals surface area (Å²) in [6.07, 6.45) is 6.08. The van der Waals surface area contributed by atoms with E-state index in [1.165, 1.54) is 11.1 Å². The molecule has 2 atom stereocenters. The van der Waals surface area contributed by atoms with Gasteiger partial charge in [0.1, 0.15) is 23.0 Å². The van der Waals surface area contributed by atoms with E-state index in [1.54, 1.807) is 14.2 Å². The first-order valence-electron chi connectivity index (χ1n) is 14.3. The van der Waals surface area contributed by atoms with E-state index in [4.69, 9.17) is 18.3 Å². The molecule has 0 bridgehead atoms. The second-order valence-electron chi connectivity index (χ2n) is 12.2. The molecule has 0 amide bonds. The van der Waals surface area contributed by atoms with Crippen molar-refractivity contribution in [3.63, 3.8) is 0 Å². The van der Waals surface area contributed by atoms with Crippen LogP contribution in [0.4, 0.5) is 0 Å². The highest BCUT2D eigenvalue weighted by Gasteiger charge is 2.33. The summed E-state index contributed by atoms with van der Waals surface area (Å²) in [5.41, 5.74) is 2.54. The molecule has 4 nitrogen and oxygen atoms in total. The molecule has 0 aliphatic heterocycles. The lowest BCUT2D eigenvalue weighted by molar-refractivity contribution is 0.242. The van der Waals surface area contributed by atoms with Gasteiger partial charge < -0.3 is 18.3 Å². The summed E-state index contributed by atoms with van der Waals surface area (Å²) in [5, 5.41) is 0. The Balaban J connectivity index is 2.70. The van der Waals surface area contributed by atoms with Gasteiger partial charge in [0.05, 0.1) is 14.2 Å². The van der Waals surface area contributed by atoms with Gasteiger partial charge in [0.25, 0.3) is 0 Å². The standard InChI is InChI=1S/C32H52O4Si2/c1-11-15-27(21-25-17-13-19-29(23-25)33-3)31(35-37(5,6)7)32(36-38(8,9)10)28(16-12-2)22-26-18-14-20-30(24-26)34-4/h13-14,17-20,23-24,27-28H,11-12,15-16,21-22H2,1-10H3/b32-31+/t27-,28-/m0/s1. The van der Waals surface area contributed by atoms with Crippen LogP contribution < -0.4 is 9.47 Å². The third kappa shape index (κ3) is 10.9. The van der Waals surface area contributed by atoms with E-state index in [9.17, 15) is 0 Å². The predicted octanol–water partition coefficient (Wildman–Crippen LogP) is 9.24. The van der Waals surface area contributed by atoms with E-state index in [0.29, 0.717) is 0 Å². The summed E-state index contributed by atoms with van der Waals surface area (Å²) in [6, 6.07) is 16.9. The fourth-order valence-corrected chi connectivity index (χ4v) is 6.70. The van der Waals surface area contributed by atoms with E-state index < -0.39 is 16.6 Å². The van der Waals surface area contributed by atoms with Crippen LogP contribution in [-0.4, -0.2) is 30.9 Å². The number of hydrogen-bond donors (Lipinski definition) is 0. The monoisotopic (exact) mass is 556 g/mol. The molecule has 2 rings (SSSR count). The molecular formula is C32H52O4Si2. The molecule has 0 saturated carbocycles. The van der Waals surface area contributed by atoms with Crippen molar-refractivity contribution < 1.29 is 18.3 Å². The van der Waals surface area contributed by atoms with Crippen molar-refractivity contribution in [3.05, 3.63) is 71.2 Å². The third-order valence-electron chi connectivity index (χ3n) is 6.32. The van der Waals surface area contributed by atoms with Crippen LogP contribution in [0.5, 0.6) is 11.5 Å². The minimum absolute atomic E-state index is 0.245. The zero-order chi connectivity index (χ0) is 28.3. The highest BCUT2D eigenvalue weighted by atomic mass is 28.4. The first kappa shape index (κ1) is 32.0. The molecule has 0 spiro atoms. The van der Waals surface area contributed by atoms with Gasteiger partial charge in [-0.2, -0.15) is 0 Å². The summed E-state index contributed by atoms with van der Waals surface area (Å²) in [4.78, 5) is 0. The van der Waals surface area contributed by atoms with Crippen LogP contribution in [-0.2, 0) is 21.7 Å². The number of benzene rings is 2. The van der Waals surface area contributed by atoms with Gasteiger partial charge in [-0.05, 0) is 100 Å². The average Bonchev–Trinajstić information content (AvgIpc) is 2.85. The molecule has 38 heavy (non-hydrogen) atoms. The van der Waals surface area contributed by atoms with Crippen molar-refractivity contribution in [3.8, 4) is 11.5 Å². The van der Waals surface area contributed by atoms with Crippen LogP contribution in [0.1, 0.15) is 50.7 Å². The highest BCUT2D eigenvalue weighted by molar-refractivity contribution is 6.70. The van der Waals surface area contributed by atoms with Gasteiger partial charge >= 0.3 is 0 Å². The summed E-state index contributed by atoms with van der Waals surface area (Å²) >= 11 is 0. The molecule has 212 valence electrons. The summed E-state index contributed by atoms with van der Waals surface area (Å²) in [5.74, 6) is 4.48. The molecule has 0 radical (unpaired) electrons. The number of allylic oxidation sites excluding steroid dienone is 2. The lowest BCUT2D eigenvalue weighted by atomic mass is 9.87. The molecule has 0 aliphatic rings. The molecule has 0 unspecified atom stereocenters. The van der Waals surface area contributed by atoms with E-state index in [2.05, 4.69) is 89.5 Å². The summed E-state index contributed by atoms with van der Waals surface area (Å²) in [7, 11) is -0.391. The molecule has 0 fully saturated rings. The smallest absolute Gasteiger partial charge is 0.241 e. The van der Waals surface area contributed by atoms with Gasteiger partial charge in [-0.25, -0.2) is 0 Å². The minimum atomic E-state index is -1.93. The molecule has 0 saturated heterocycles. The van der Waals surface area contributed by atoms with Gasteiger partial charge in [0.15, 0.2) is 0 Å². The van der Waals surface area contributed by atoms with Crippen LogP contribution in [0.25, 0.3) is 0 Å². The lowest BCUT2D eigenvalue weighted by Crippen LogP contribution is -2.34. The highest BCUT2D eigenvalue weighted by Crippen LogP contribution is 2.37. The SMILES string of the molecule is CCC[C@@H](Cc1cccc(OC)c1)/C(O[Si](C)(C)C)=C(\O[Si](C)(C)C)[C@@H](CCC)Cc1cccc(OC)c1. The predicted molar refractivity (Wildman–Crippen MR) is 166 cm³/mol. The molecule has 0 aliphatic carbocycles. The Kier molecular flexibility index (Phi) is 12.5. The Labute approximate surface area is 235 Å². The van der Waals surface area contributed by atoms with Gasteiger partial charge in [-0.1, -0.05) is 51.0 Å². The van der Waals surface area contributed by atoms with Crippen molar-refractivity contribution in [1.82, 2.24) is 0 Å². The number of rotatable bonds is 16. The topological polar surface area (TPSA) is 36.9 Å². The minimum Gasteiger partial charge on any atom is -0.545 e. The Morgan fingerprint density at radius 3 is 1.29 bits per heavy atom. The maximum atomic E-state index is 7.06. The Bertz CT molecular complexity index is 939. The summed E-state index contributed by atoms with van der Waals surface area (Å²) in [6.45, 7) is 18.2. The van der Waals surface area contributed by atoms with Gasteiger partial charge in [-0.3, -0.25) is 0 Å². The first-order chi connectivity index (χ1) is 17.9. The Hall–Kier alpha value is -2.19. The molecule has 0 heterocycles. The maximum absolute atomic E-state index is 7.06. The Morgan fingerprint density at radius 1 is 0.632 bits per heavy atom. The zero-order valence-corrected chi connectivity index (χ0v) is 27.6. The second kappa shape index (κ2) is 14.8. The molecule has 0 N–H and O–H groups in total. The van der Waals surface area contributed by atoms with Crippen LogP contribution in [0, 0.1) is 11.8 Å². The largest absolute Gasteiger partial charge is 0.545 e. The van der Waals surface area contributed by atoms with E-state index in [0.717, 1.165) is 61.5 Å². The van der Waals surface area contributed by atoms with Crippen LogP contribution in [0.15, 0.2) is 60.0 Å². The number of ether oxygens (including phenoxy) is 2. The second-order valence-corrected chi connectivity index (χ2v) is 21.1. The van der Waals surface area contributed by atoms with Crippen LogP contribution in [0.3, 0.4) is 0 Å². The lowest BCUT2D eigenvalue weighted by Gasteiger charge is -2.35. The third-order valence-corrected chi connectivity index (χ3v) is 7.99. The fraction of sp³-hybridized carbons (Fsp3) is 0.562. The van der Waals surface area contributed by atoms with Crippen molar-refractivity contribution in [2.45, 2.75) is 91.7 Å². The zero-order valence-electron chi connectivity index (χ0n) is 25.6. The summed E-state index contributed by atoms with van der Waals surface area (Å²) < 4.78 is 25.2. The molecule has 2 aromatic rings. The van der Waals surface area contributed by atoms with Crippen molar-refractivity contribution >= 4 is 16.6 Å². The van der Waals surface area contributed by atoms with Gasteiger partial charge in [-0.15, -0.1) is 0 Å². The van der Waals surface area contributed by atoms with Crippen molar-refractivity contribution in [2.24, 2.45) is 11.8 Å². The maximum Gasteiger partial charge on any atom is 0.241 e. The molecule has 2 aromatic carbocycles. The number of hydrogen-bond acceptors (Lipinski definition) is 4. The first-order valence-corrected chi connectivity index (χ1v) is 21.1. The van der Waals surface area contributed by atoms with E-state index in [1.807, 2.05) is 12.1 Å². The fourth-order valence-electron chi connectivity index (χ4n) is 4.85. The van der Waals surface area contributed by atoms with E-state index in [-0.39, 0.29) is 11.8 Å². The van der Waals surface area contributed by atoms with Crippen LogP contribution >= 0.6 is 0 Å². The van der Waals surface area contributed by atoms with Crippen LogP contribution in [0.2, 0.25) is 39.3 Å². The van der Waals surface area contributed by atoms with Crippen molar-refractivity contribution in [2.75, 3.05) is 14.2 Å². The van der Waals surface area contributed by atoms with Crippen molar-refractivity contribution in [1.29, 1.82) is 0 Å².